The predicted octanol–water partition coefficient (Wildman–Crippen LogP) is 2.23. The van der Waals surface area contributed by atoms with Gasteiger partial charge in [0.15, 0.2) is 0 Å². The minimum absolute atomic E-state index is 0.00292. The molecule has 3 fully saturated rings. The van der Waals surface area contributed by atoms with Gasteiger partial charge in [0, 0.05) is 18.3 Å². The van der Waals surface area contributed by atoms with E-state index >= 15 is 0 Å². The average Bonchev–Trinajstić information content (AvgIpc) is 3.40. The number of likely N-dealkylation sites (tertiary alicyclic amines) is 1. The summed E-state index contributed by atoms with van der Waals surface area (Å²) in [6.07, 6.45) is 5.60. The number of aliphatic hydroxyl groups excluding tert-OH is 1. The Hall–Kier alpha value is -1.54. The summed E-state index contributed by atoms with van der Waals surface area (Å²) in [6, 6.07) is -1.12. The van der Waals surface area contributed by atoms with Crippen LogP contribution in [0.4, 0.5) is 0 Å². The van der Waals surface area contributed by atoms with Crippen LogP contribution in [-0.2, 0) is 19.1 Å². The molecular weight excluding hydrogens is 416 g/mol. The number of hydrogen-bond donors (Lipinski definition) is 1. The number of ether oxygens (including phenoxy) is 1. The lowest BCUT2D eigenvalue weighted by Crippen LogP contribution is -2.57. The van der Waals surface area contributed by atoms with Gasteiger partial charge in [-0.2, -0.15) is 0 Å². The molecule has 2 bridgehead atoms. The third-order valence-electron chi connectivity index (χ3n) is 7.05. The molecule has 3 saturated heterocycles. The summed E-state index contributed by atoms with van der Waals surface area (Å²) in [7, 11) is 0. The number of aliphatic hydroxyl groups is 1. The Bertz CT molecular complexity index is 712. The second-order valence-electron chi connectivity index (χ2n) is 8.72. The molecule has 3 aliphatic heterocycles. The van der Waals surface area contributed by atoms with Gasteiger partial charge in [0.05, 0.1) is 35.8 Å². The van der Waals surface area contributed by atoms with Crippen LogP contribution in [0, 0.1) is 11.8 Å². The number of rotatable bonds is 11. The molecule has 1 N–H and O–H groups in total. The second-order valence-corrected chi connectivity index (χ2v) is 10.3. The lowest BCUT2D eigenvalue weighted by molar-refractivity contribution is -0.154. The van der Waals surface area contributed by atoms with Gasteiger partial charge in [-0.25, -0.2) is 0 Å². The number of esters is 1. The molecule has 174 valence electrons. The van der Waals surface area contributed by atoms with Crippen molar-refractivity contribution in [3.63, 3.8) is 0 Å². The highest BCUT2D eigenvalue weighted by Gasteiger charge is 2.74. The van der Waals surface area contributed by atoms with Crippen molar-refractivity contribution in [1.29, 1.82) is 0 Å². The molecule has 6 atom stereocenters. The first-order chi connectivity index (χ1) is 14.9. The Kier molecular flexibility index (Phi) is 7.73. The van der Waals surface area contributed by atoms with Gasteiger partial charge in [-0.15, -0.1) is 18.3 Å². The van der Waals surface area contributed by atoms with Crippen molar-refractivity contribution in [2.75, 3.05) is 26.3 Å². The van der Waals surface area contributed by atoms with E-state index in [9.17, 15) is 19.5 Å². The maximum Gasteiger partial charge on any atom is 0.310 e. The zero-order chi connectivity index (χ0) is 22.8. The van der Waals surface area contributed by atoms with Gasteiger partial charge in [0.2, 0.25) is 11.8 Å². The van der Waals surface area contributed by atoms with E-state index in [0.29, 0.717) is 19.5 Å². The highest BCUT2D eigenvalue weighted by molar-refractivity contribution is 8.02. The molecule has 0 aromatic rings. The summed E-state index contributed by atoms with van der Waals surface area (Å²) in [5, 5.41) is 10.0. The maximum absolute atomic E-state index is 13.9. The Labute approximate surface area is 189 Å². The quantitative estimate of drug-likeness (QED) is 0.382. The third-order valence-corrected chi connectivity index (χ3v) is 9.00. The summed E-state index contributed by atoms with van der Waals surface area (Å²) in [6.45, 7) is 10.6. The maximum atomic E-state index is 13.9. The number of fused-ring (bicyclic) bond motifs is 1. The zero-order valence-corrected chi connectivity index (χ0v) is 19.7. The normalized spacial score (nSPS) is 32.1. The van der Waals surface area contributed by atoms with E-state index < -0.39 is 28.7 Å². The molecule has 0 radical (unpaired) electrons. The van der Waals surface area contributed by atoms with Crippen molar-refractivity contribution in [2.24, 2.45) is 11.8 Å². The topological polar surface area (TPSA) is 87.2 Å². The molecule has 3 aliphatic rings. The van der Waals surface area contributed by atoms with Crippen LogP contribution in [-0.4, -0.2) is 81.1 Å². The Morgan fingerprint density at radius 2 is 2.16 bits per heavy atom. The fourth-order valence-electron chi connectivity index (χ4n) is 5.65. The van der Waals surface area contributed by atoms with Crippen molar-refractivity contribution in [3.8, 4) is 0 Å². The number of hydrogen-bond acceptors (Lipinski definition) is 6. The molecule has 2 unspecified atom stereocenters. The largest absolute Gasteiger partial charge is 0.466 e. The number of carbonyl (C=O) groups excluding carboxylic acids is 3. The number of thioether (sulfide) groups is 1. The molecule has 0 saturated carbocycles. The number of amides is 2. The molecule has 31 heavy (non-hydrogen) atoms. The molecule has 7 nitrogen and oxygen atoms in total. The van der Waals surface area contributed by atoms with Crippen molar-refractivity contribution < 1.29 is 24.2 Å². The van der Waals surface area contributed by atoms with Crippen LogP contribution in [0.3, 0.4) is 0 Å². The van der Waals surface area contributed by atoms with Crippen molar-refractivity contribution in [3.05, 3.63) is 12.7 Å². The van der Waals surface area contributed by atoms with Gasteiger partial charge in [0.25, 0.3) is 0 Å². The molecule has 3 heterocycles. The van der Waals surface area contributed by atoms with Crippen molar-refractivity contribution in [2.45, 2.75) is 75.0 Å². The van der Waals surface area contributed by atoms with Crippen LogP contribution in [0.15, 0.2) is 12.7 Å². The zero-order valence-electron chi connectivity index (χ0n) is 18.9. The van der Waals surface area contributed by atoms with Gasteiger partial charge in [-0.3, -0.25) is 14.4 Å². The minimum atomic E-state index is -0.673. The van der Waals surface area contributed by atoms with E-state index in [1.54, 1.807) is 34.6 Å². The Morgan fingerprint density at radius 1 is 1.42 bits per heavy atom. The van der Waals surface area contributed by atoms with Gasteiger partial charge in [0.1, 0.15) is 6.04 Å². The van der Waals surface area contributed by atoms with E-state index in [0.717, 1.165) is 25.7 Å². The second kappa shape index (κ2) is 9.94. The van der Waals surface area contributed by atoms with Crippen LogP contribution < -0.4 is 0 Å². The van der Waals surface area contributed by atoms with Gasteiger partial charge < -0.3 is 19.6 Å². The van der Waals surface area contributed by atoms with Crippen LogP contribution in [0.5, 0.6) is 0 Å². The molecule has 1 spiro atoms. The Balaban J connectivity index is 2.04. The van der Waals surface area contributed by atoms with Crippen molar-refractivity contribution >= 4 is 29.5 Å². The lowest BCUT2D eigenvalue weighted by atomic mass is 9.71. The smallest absolute Gasteiger partial charge is 0.310 e. The van der Waals surface area contributed by atoms with Crippen molar-refractivity contribution in [1.82, 2.24) is 9.80 Å². The van der Waals surface area contributed by atoms with Gasteiger partial charge >= 0.3 is 5.97 Å². The van der Waals surface area contributed by atoms with E-state index in [1.165, 1.54) is 0 Å². The summed E-state index contributed by atoms with van der Waals surface area (Å²) < 4.78 is 4.70. The van der Waals surface area contributed by atoms with Gasteiger partial charge in [-0.1, -0.05) is 26.3 Å². The van der Waals surface area contributed by atoms with Gasteiger partial charge in [-0.05, 0) is 32.6 Å². The first kappa shape index (κ1) is 24.1. The molecule has 3 rings (SSSR count). The first-order valence-corrected chi connectivity index (χ1v) is 12.5. The summed E-state index contributed by atoms with van der Waals surface area (Å²) >= 11 is 1.64. The van der Waals surface area contributed by atoms with E-state index in [1.807, 2.05) is 6.92 Å². The molecule has 2 amide bonds. The lowest BCUT2D eigenvalue weighted by Gasteiger charge is -2.39. The van der Waals surface area contributed by atoms with E-state index in [-0.39, 0.29) is 36.2 Å². The summed E-state index contributed by atoms with van der Waals surface area (Å²) in [5.41, 5.74) is 0. The van der Waals surface area contributed by atoms with Crippen LogP contribution in [0.1, 0.15) is 52.9 Å². The van der Waals surface area contributed by atoms with E-state index in [4.69, 9.17) is 4.74 Å². The third kappa shape index (κ3) is 3.90. The molecule has 0 aromatic carbocycles. The van der Waals surface area contributed by atoms with Crippen LogP contribution in [0.2, 0.25) is 0 Å². The SMILES string of the molecule is C=CCN(CCCC)C(=O)C1N([C@@H](CC)CO)C(=O)[C@@H]2[C@@H](C(=O)OCC)[C@H]3CCC12S3. The standard InChI is InChI=1S/C23H36N2O5S/c1-5-9-13-24(12-6-2)21(28)19-23-11-10-16(31-23)17(22(29)30-8-4)18(23)20(27)25(19)15(7-3)14-26/h6,15-19,26H,2,5,7-14H2,1,3-4H3/t15-,16+,17-,18-,19?,23?/m0/s1. The summed E-state index contributed by atoms with van der Waals surface area (Å²) in [5.74, 6) is -1.69. The van der Waals surface area contributed by atoms with Crippen LogP contribution in [0.25, 0.3) is 0 Å². The number of nitrogens with zero attached hydrogens (tertiary/aromatic N) is 2. The molecule has 8 heteroatoms. The molecule has 0 aromatic heterocycles. The molecular formula is C23H36N2O5S. The molecule has 0 aliphatic carbocycles. The average molecular weight is 453 g/mol. The summed E-state index contributed by atoms with van der Waals surface area (Å²) in [4.78, 5) is 43.9. The Morgan fingerprint density at radius 3 is 2.74 bits per heavy atom. The monoisotopic (exact) mass is 452 g/mol. The highest BCUT2D eigenvalue weighted by Crippen LogP contribution is 2.67. The minimum Gasteiger partial charge on any atom is -0.466 e. The first-order valence-electron chi connectivity index (χ1n) is 11.6. The van der Waals surface area contributed by atoms with Crippen LogP contribution >= 0.6 is 11.8 Å². The fraction of sp³-hybridized carbons (Fsp3) is 0.783. The fourth-order valence-corrected chi connectivity index (χ4v) is 7.84. The number of unbranched alkanes of at least 4 members (excludes halogenated alkanes) is 1. The van der Waals surface area contributed by atoms with E-state index in [2.05, 4.69) is 13.5 Å². The predicted molar refractivity (Wildman–Crippen MR) is 120 cm³/mol. The highest BCUT2D eigenvalue weighted by atomic mass is 32.2. The number of carbonyl (C=O) groups is 3.